The molecule has 0 fully saturated rings. The maximum absolute atomic E-state index is 14.9. The van der Waals surface area contributed by atoms with Gasteiger partial charge in [-0.25, -0.2) is 18.7 Å². The molecule has 0 spiro atoms. The van der Waals surface area contributed by atoms with Gasteiger partial charge in [0.05, 0.1) is 11.9 Å². The van der Waals surface area contributed by atoms with Gasteiger partial charge in [-0.15, -0.1) is 0 Å². The number of halogens is 3. The summed E-state index contributed by atoms with van der Waals surface area (Å²) in [6.07, 6.45) is 1.50. The van der Waals surface area contributed by atoms with Crippen LogP contribution in [0.1, 0.15) is 30.5 Å². The van der Waals surface area contributed by atoms with Crippen LogP contribution >= 0.6 is 11.9 Å². The number of nitrogens with zero attached hydrogens (tertiary/aromatic N) is 3. The fourth-order valence-corrected chi connectivity index (χ4v) is 3.62. The number of benzene rings is 1. The van der Waals surface area contributed by atoms with E-state index >= 15 is 0 Å². The van der Waals surface area contributed by atoms with Gasteiger partial charge < -0.3 is 10.0 Å². The van der Waals surface area contributed by atoms with E-state index in [2.05, 4.69) is 38.8 Å². The van der Waals surface area contributed by atoms with Crippen LogP contribution in [0, 0.1) is 24.5 Å². The third-order valence-corrected chi connectivity index (χ3v) is 5.96. The monoisotopic (exact) mass is 461 g/mol. The van der Waals surface area contributed by atoms with E-state index in [0.29, 0.717) is 29.4 Å². The molecule has 32 heavy (non-hydrogen) atoms. The predicted octanol–water partition coefficient (Wildman–Crippen LogP) is 5.77. The maximum Gasteiger partial charge on any atom is 0.214 e. The van der Waals surface area contributed by atoms with Crippen LogP contribution < -0.4 is 10.0 Å². The summed E-state index contributed by atoms with van der Waals surface area (Å²) in [4.78, 5) is 9.94. The summed E-state index contributed by atoms with van der Waals surface area (Å²) in [5.74, 6) is -1.20. The summed E-state index contributed by atoms with van der Waals surface area (Å²) in [7, 11) is 1.99. The normalized spacial score (nSPS) is 11.3. The number of pyridine rings is 2. The summed E-state index contributed by atoms with van der Waals surface area (Å²) < 4.78 is 45.4. The van der Waals surface area contributed by atoms with E-state index in [1.54, 1.807) is 19.1 Å². The fourth-order valence-electron chi connectivity index (χ4n) is 2.95. The molecular formula is C23H26F3N5S. The number of rotatable bonds is 9. The SMILES string of the molecule is Cc1c(NCc2c(F)cccc2CN(C)C(C)C)cnc(SNc2cccc(F)n2)c1F. The van der Waals surface area contributed by atoms with Crippen molar-refractivity contribution in [1.82, 2.24) is 14.9 Å². The van der Waals surface area contributed by atoms with Crippen LogP contribution in [0.5, 0.6) is 0 Å². The number of anilines is 2. The zero-order chi connectivity index (χ0) is 23.3. The third kappa shape index (κ3) is 5.92. The number of aromatic nitrogens is 2. The molecule has 3 rings (SSSR count). The van der Waals surface area contributed by atoms with Crippen molar-refractivity contribution in [3.8, 4) is 0 Å². The molecule has 2 heterocycles. The molecule has 2 N–H and O–H groups in total. The highest BCUT2D eigenvalue weighted by atomic mass is 32.2. The van der Waals surface area contributed by atoms with E-state index in [4.69, 9.17) is 0 Å². The summed E-state index contributed by atoms with van der Waals surface area (Å²) in [5.41, 5.74) is 2.24. The molecule has 3 aromatic rings. The quantitative estimate of drug-likeness (QED) is 0.312. The molecule has 9 heteroatoms. The van der Waals surface area contributed by atoms with Crippen molar-refractivity contribution in [3.63, 3.8) is 0 Å². The highest BCUT2D eigenvalue weighted by Crippen LogP contribution is 2.27. The Hall–Kier alpha value is -2.78. The first-order chi connectivity index (χ1) is 15.3. The van der Waals surface area contributed by atoms with Crippen molar-refractivity contribution < 1.29 is 13.2 Å². The van der Waals surface area contributed by atoms with Crippen molar-refractivity contribution in [1.29, 1.82) is 0 Å². The van der Waals surface area contributed by atoms with Gasteiger partial charge >= 0.3 is 0 Å². The van der Waals surface area contributed by atoms with Gasteiger partial charge in [-0.3, -0.25) is 4.90 Å². The van der Waals surface area contributed by atoms with Crippen LogP contribution in [0.15, 0.2) is 47.6 Å². The van der Waals surface area contributed by atoms with E-state index < -0.39 is 11.8 Å². The van der Waals surface area contributed by atoms with Crippen LogP contribution in [-0.4, -0.2) is 28.0 Å². The van der Waals surface area contributed by atoms with Crippen LogP contribution in [0.2, 0.25) is 0 Å². The Morgan fingerprint density at radius 1 is 1.09 bits per heavy atom. The average Bonchev–Trinajstić information content (AvgIpc) is 2.75. The van der Waals surface area contributed by atoms with Gasteiger partial charge in [-0.1, -0.05) is 18.2 Å². The van der Waals surface area contributed by atoms with E-state index in [9.17, 15) is 13.2 Å². The summed E-state index contributed by atoms with van der Waals surface area (Å²) in [6.45, 7) is 6.58. The lowest BCUT2D eigenvalue weighted by Crippen LogP contribution is -2.26. The smallest absolute Gasteiger partial charge is 0.214 e. The van der Waals surface area contributed by atoms with Crippen LogP contribution in [0.4, 0.5) is 24.7 Å². The van der Waals surface area contributed by atoms with Crippen LogP contribution in [0.3, 0.4) is 0 Å². The Morgan fingerprint density at radius 3 is 2.56 bits per heavy atom. The lowest BCUT2D eigenvalue weighted by Gasteiger charge is -2.23. The minimum absolute atomic E-state index is 0.101. The number of hydrogen-bond acceptors (Lipinski definition) is 6. The van der Waals surface area contributed by atoms with Gasteiger partial charge in [-0.05, 0) is 51.6 Å². The predicted molar refractivity (Wildman–Crippen MR) is 123 cm³/mol. The zero-order valence-corrected chi connectivity index (χ0v) is 19.2. The van der Waals surface area contributed by atoms with Crippen molar-refractivity contribution in [2.45, 2.75) is 44.9 Å². The van der Waals surface area contributed by atoms with Crippen LogP contribution in [-0.2, 0) is 13.1 Å². The van der Waals surface area contributed by atoms with Crippen molar-refractivity contribution in [3.05, 3.63) is 76.9 Å². The lowest BCUT2D eigenvalue weighted by molar-refractivity contribution is 0.264. The van der Waals surface area contributed by atoms with Crippen LogP contribution in [0.25, 0.3) is 0 Å². The first-order valence-corrected chi connectivity index (χ1v) is 11.0. The van der Waals surface area contributed by atoms with Gasteiger partial charge in [0.25, 0.3) is 0 Å². The summed E-state index contributed by atoms with van der Waals surface area (Å²) in [6, 6.07) is 9.63. The van der Waals surface area contributed by atoms with E-state index in [1.807, 2.05) is 13.1 Å². The van der Waals surface area contributed by atoms with Gasteiger partial charge in [0.2, 0.25) is 5.95 Å². The Labute approximate surface area is 190 Å². The van der Waals surface area contributed by atoms with Gasteiger partial charge in [0.15, 0.2) is 10.8 Å². The Kier molecular flexibility index (Phi) is 7.98. The Balaban J connectivity index is 1.72. The second-order valence-electron chi connectivity index (χ2n) is 7.71. The molecular weight excluding hydrogens is 435 g/mol. The van der Waals surface area contributed by atoms with Gasteiger partial charge in [0, 0.05) is 42.2 Å². The molecule has 0 aliphatic carbocycles. The zero-order valence-electron chi connectivity index (χ0n) is 18.4. The van der Waals surface area contributed by atoms with Crippen molar-refractivity contribution in [2.75, 3.05) is 17.1 Å². The van der Waals surface area contributed by atoms with Gasteiger partial charge in [0.1, 0.15) is 11.6 Å². The Morgan fingerprint density at radius 2 is 1.84 bits per heavy atom. The van der Waals surface area contributed by atoms with E-state index in [-0.39, 0.29) is 23.2 Å². The lowest BCUT2D eigenvalue weighted by atomic mass is 10.1. The Bertz CT molecular complexity index is 1080. The molecule has 0 amide bonds. The molecule has 170 valence electrons. The highest BCUT2D eigenvalue weighted by molar-refractivity contribution is 8.00. The standard InChI is InChI=1S/C23H26F3N5S/c1-14(2)31(4)13-16-7-5-8-18(24)17(16)11-27-19-12-28-23(22(26)15(19)3)32-30-21-10-6-9-20(25)29-21/h5-10,12,14,27H,11,13H2,1-4H3,(H,29,30). The molecule has 0 aliphatic heterocycles. The molecule has 0 radical (unpaired) electrons. The van der Waals surface area contributed by atoms with E-state index in [0.717, 1.165) is 17.5 Å². The molecule has 0 aliphatic rings. The molecule has 0 unspecified atom stereocenters. The minimum Gasteiger partial charge on any atom is -0.379 e. The molecule has 0 bridgehead atoms. The average molecular weight is 462 g/mol. The molecule has 0 saturated heterocycles. The summed E-state index contributed by atoms with van der Waals surface area (Å²) in [5, 5.41) is 3.21. The molecule has 2 aromatic heterocycles. The first-order valence-electron chi connectivity index (χ1n) is 10.2. The fraction of sp³-hybridized carbons (Fsp3) is 0.304. The van der Waals surface area contributed by atoms with Crippen molar-refractivity contribution in [2.24, 2.45) is 0 Å². The van der Waals surface area contributed by atoms with Crippen molar-refractivity contribution >= 4 is 23.5 Å². The third-order valence-electron chi connectivity index (χ3n) is 5.17. The first kappa shape index (κ1) is 23.9. The highest BCUT2D eigenvalue weighted by Gasteiger charge is 2.15. The molecule has 0 saturated carbocycles. The molecule has 5 nitrogen and oxygen atoms in total. The largest absolute Gasteiger partial charge is 0.379 e. The molecule has 0 atom stereocenters. The van der Waals surface area contributed by atoms with Gasteiger partial charge in [-0.2, -0.15) is 4.39 Å². The summed E-state index contributed by atoms with van der Waals surface area (Å²) >= 11 is 0.902. The topological polar surface area (TPSA) is 53.1 Å². The minimum atomic E-state index is -0.633. The molecule has 1 aromatic carbocycles. The number of nitrogens with one attached hydrogen (secondary N) is 2. The number of hydrogen-bond donors (Lipinski definition) is 2. The second-order valence-corrected chi connectivity index (χ2v) is 8.50. The maximum atomic E-state index is 14.9. The van der Waals surface area contributed by atoms with E-state index in [1.165, 1.54) is 24.4 Å². The second kappa shape index (κ2) is 10.7.